The van der Waals surface area contributed by atoms with Gasteiger partial charge in [0.15, 0.2) is 0 Å². The first-order chi connectivity index (χ1) is 10.1. The summed E-state index contributed by atoms with van der Waals surface area (Å²) in [5.74, 6) is -1.58. The number of hydrogen-bond donors (Lipinski definition) is 1. The van der Waals surface area contributed by atoms with Crippen LogP contribution in [-0.2, 0) is 11.2 Å². The molecule has 3 rings (SSSR count). The van der Waals surface area contributed by atoms with Crippen molar-refractivity contribution in [2.24, 2.45) is 5.92 Å². The van der Waals surface area contributed by atoms with Crippen molar-refractivity contribution in [3.05, 3.63) is 50.6 Å². The molecule has 0 bridgehead atoms. The summed E-state index contributed by atoms with van der Waals surface area (Å²) < 4.78 is 0.880. The quantitative estimate of drug-likeness (QED) is 0.886. The van der Waals surface area contributed by atoms with Crippen LogP contribution in [0.2, 0.25) is 0 Å². The molecule has 1 aliphatic heterocycles. The topological polar surface area (TPSA) is 57.6 Å². The lowest BCUT2D eigenvalue weighted by Gasteiger charge is -2.32. The summed E-state index contributed by atoms with van der Waals surface area (Å²) in [5.41, 5.74) is 1.71. The van der Waals surface area contributed by atoms with E-state index < -0.39 is 11.9 Å². The normalized spacial score (nSPS) is 17.4. The van der Waals surface area contributed by atoms with Gasteiger partial charge in [0.25, 0.3) is 5.91 Å². The van der Waals surface area contributed by atoms with Crippen molar-refractivity contribution in [1.29, 1.82) is 0 Å². The van der Waals surface area contributed by atoms with Crippen LogP contribution >= 0.6 is 27.3 Å². The molecule has 0 saturated carbocycles. The zero-order chi connectivity index (χ0) is 15.0. The standard InChI is InChI=1S/C15H12BrNO3S/c16-13-6-5-12(21-13)14(18)17-8-10(15(19)20)7-9-3-1-2-4-11(9)17/h1-6,10H,7-8H2,(H,19,20). The molecule has 4 nitrogen and oxygen atoms in total. The van der Waals surface area contributed by atoms with Crippen molar-refractivity contribution in [3.63, 3.8) is 0 Å². The molecule has 2 aromatic rings. The van der Waals surface area contributed by atoms with Crippen LogP contribution in [0.3, 0.4) is 0 Å². The van der Waals surface area contributed by atoms with Crippen LogP contribution in [0.4, 0.5) is 5.69 Å². The predicted molar refractivity (Wildman–Crippen MR) is 85.0 cm³/mol. The number of aliphatic carboxylic acids is 1. The van der Waals surface area contributed by atoms with Crippen molar-refractivity contribution in [3.8, 4) is 0 Å². The first-order valence-electron chi connectivity index (χ1n) is 6.44. The Morgan fingerprint density at radius 2 is 2.00 bits per heavy atom. The summed E-state index contributed by atoms with van der Waals surface area (Å²) in [6, 6.07) is 11.1. The Kier molecular flexibility index (Phi) is 3.82. The van der Waals surface area contributed by atoms with Crippen molar-refractivity contribution < 1.29 is 14.7 Å². The maximum atomic E-state index is 12.7. The number of benzene rings is 1. The van der Waals surface area contributed by atoms with Gasteiger partial charge in [-0.15, -0.1) is 11.3 Å². The van der Waals surface area contributed by atoms with Gasteiger partial charge in [0.2, 0.25) is 0 Å². The number of rotatable bonds is 2. The third-order valence-electron chi connectivity index (χ3n) is 3.53. The molecule has 1 unspecified atom stereocenters. The Bertz CT molecular complexity index is 712. The first-order valence-corrected chi connectivity index (χ1v) is 8.05. The smallest absolute Gasteiger partial charge is 0.308 e. The number of thiophene rings is 1. The van der Waals surface area contributed by atoms with Crippen molar-refractivity contribution in [1.82, 2.24) is 0 Å². The van der Waals surface area contributed by atoms with Crippen LogP contribution in [-0.4, -0.2) is 23.5 Å². The molecule has 1 amide bonds. The molecule has 0 radical (unpaired) electrons. The van der Waals surface area contributed by atoms with E-state index in [1.807, 2.05) is 30.3 Å². The number of fused-ring (bicyclic) bond motifs is 1. The van der Waals surface area contributed by atoms with Crippen molar-refractivity contribution in [2.75, 3.05) is 11.4 Å². The lowest BCUT2D eigenvalue weighted by Crippen LogP contribution is -2.42. The van der Waals surface area contributed by atoms with Gasteiger partial charge in [-0.1, -0.05) is 18.2 Å². The summed E-state index contributed by atoms with van der Waals surface area (Å²) in [5, 5.41) is 9.30. The second-order valence-electron chi connectivity index (χ2n) is 4.89. The Morgan fingerprint density at radius 1 is 1.24 bits per heavy atom. The molecule has 0 fully saturated rings. The number of para-hydroxylation sites is 1. The maximum absolute atomic E-state index is 12.7. The van der Waals surface area contributed by atoms with E-state index in [9.17, 15) is 14.7 Å². The van der Waals surface area contributed by atoms with Gasteiger partial charge < -0.3 is 10.0 Å². The summed E-state index contributed by atoms with van der Waals surface area (Å²) in [6.45, 7) is 0.209. The molecule has 108 valence electrons. The molecule has 0 saturated heterocycles. The molecule has 1 atom stereocenters. The number of carboxylic acid groups (broad SMARTS) is 1. The number of anilines is 1. The summed E-state index contributed by atoms with van der Waals surface area (Å²) in [4.78, 5) is 26.2. The van der Waals surface area contributed by atoms with Crippen molar-refractivity contribution in [2.45, 2.75) is 6.42 Å². The minimum Gasteiger partial charge on any atom is -0.481 e. The molecule has 1 aromatic heterocycles. The summed E-state index contributed by atoms with van der Waals surface area (Å²) in [7, 11) is 0. The molecule has 0 aliphatic carbocycles. The highest BCUT2D eigenvalue weighted by Gasteiger charge is 2.32. The lowest BCUT2D eigenvalue weighted by molar-refractivity contribution is -0.141. The molecular weight excluding hydrogens is 354 g/mol. The minimum atomic E-state index is -0.866. The van der Waals surface area contributed by atoms with Crippen molar-refractivity contribution >= 4 is 44.8 Å². The fourth-order valence-corrected chi connectivity index (χ4v) is 3.85. The van der Waals surface area contributed by atoms with E-state index in [1.54, 1.807) is 11.0 Å². The third-order valence-corrected chi connectivity index (χ3v) is 5.14. The molecule has 1 aliphatic rings. The van der Waals surface area contributed by atoms with Gasteiger partial charge in [0, 0.05) is 12.2 Å². The van der Waals surface area contributed by atoms with Gasteiger partial charge in [-0.05, 0) is 46.1 Å². The number of carbonyl (C=O) groups excluding carboxylic acids is 1. The molecule has 0 spiro atoms. The van der Waals surface area contributed by atoms with Crippen LogP contribution in [0, 0.1) is 5.92 Å². The lowest BCUT2D eigenvalue weighted by atomic mass is 9.92. The highest BCUT2D eigenvalue weighted by molar-refractivity contribution is 9.11. The van der Waals surface area contributed by atoms with E-state index >= 15 is 0 Å². The summed E-state index contributed by atoms with van der Waals surface area (Å²) in [6.07, 6.45) is 0.462. The van der Waals surface area contributed by atoms with Gasteiger partial charge in [0.05, 0.1) is 14.6 Å². The van der Waals surface area contributed by atoms with E-state index in [2.05, 4.69) is 15.9 Å². The van der Waals surface area contributed by atoms with Crippen LogP contribution in [0.1, 0.15) is 15.2 Å². The van der Waals surface area contributed by atoms with Crippen LogP contribution in [0.5, 0.6) is 0 Å². The van der Waals surface area contributed by atoms with E-state index in [1.165, 1.54) is 11.3 Å². The number of nitrogens with zero attached hydrogens (tertiary/aromatic N) is 1. The average Bonchev–Trinajstić information content (AvgIpc) is 2.92. The van der Waals surface area contributed by atoms with Gasteiger partial charge in [0.1, 0.15) is 0 Å². The molecule has 1 N–H and O–H groups in total. The number of carboxylic acids is 1. The zero-order valence-electron chi connectivity index (χ0n) is 11.0. The number of halogens is 1. The highest BCUT2D eigenvalue weighted by Crippen LogP contribution is 2.32. The molecule has 2 heterocycles. The average molecular weight is 366 g/mol. The van der Waals surface area contributed by atoms with Crippen LogP contribution in [0.25, 0.3) is 0 Å². The Labute approximate surface area is 134 Å². The largest absolute Gasteiger partial charge is 0.481 e. The number of carbonyl (C=O) groups is 2. The molecule has 21 heavy (non-hydrogen) atoms. The van der Waals surface area contributed by atoms with Gasteiger partial charge in [-0.2, -0.15) is 0 Å². The Hall–Kier alpha value is -1.66. The third kappa shape index (κ3) is 2.73. The fraction of sp³-hybridized carbons (Fsp3) is 0.200. The zero-order valence-corrected chi connectivity index (χ0v) is 13.4. The predicted octanol–water partition coefficient (Wildman–Crippen LogP) is 3.41. The highest BCUT2D eigenvalue weighted by atomic mass is 79.9. The molecule has 6 heteroatoms. The Morgan fingerprint density at radius 3 is 2.67 bits per heavy atom. The summed E-state index contributed by atoms with van der Waals surface area (Å²) >= 11 is 4.70. The van der Waals surface area contributed by atoms with E-state index in [-0.39, 0.29) is 12.5 Å². The van der Waals surface area contributed by atoms with E-state index in [4.69, 9.17) is 0 Å². The van der Waals surface area contributed by atoms with Crippen LogP contribution < -0.4 is 4.90 Å². The first kappa shape index (κ1) is 14.3. The van der Waals surface area contributed by atoms with E-state index in [0.717, 1.165) is 15.0 Å². The number of hydrogen-bond acceptors (Lipinski definition) is 3. The SMILES string of the molecule is O=C(O)C1Cc2ccccc2N(C(=O)c2ccc(Br)s2)C1. The minimum absolute atomic E-state index is 0.149. The second kappa shape index (κ2) is 5.61. The fourth-order valence-electron chi connectivity index (χ4n) is 2.52. The second-order valence-corrected chi connectivity index (χ2v) is 7.35. The maximum Gasteiger partial charge on any atom is 0.308 e. The van der Waals surface area contributed by atoms with Gasteiger partial charge in [-0.25, -0.2) is 0 Å². The number of amides is 1. The van der Waals surface area contributed by atoms with E-state index in [0.29, 0.717) is 11.3 Å². The van der Waals surface area contributed by atoms with Crippen LogP contribution in [0.15, 0.2) is 40.2 Å². The monoisotopic (exact) mass is 365 g/mol. The molecule has 1 aromatic carbocycles. The Balaban J connectivity index is 2.00. The van der Waals surface area contributed by atoms with Gasteiger partial charge >= 0.3 is 5.97 Å². The van der Waals surface area contributed by atoms with Gasteiger partial charge in [-0.3, -0.25) is 9.59 Å². The molecular formula is C15H12BrNO3S.